The molecule has 3 unspecified atom stereocenters. The van der Waals surface area contributed by atoms with E-state index in [1.807, 2.05) is 0 Å². The van der Waals surface area contributed by atoms with E-state index < -0.39 is 36.2 Å². The molecule has 6 heteroatoms. The maximum atomic E-state index is 13.2. The lowest BCUT2D eigenvalue weighted by Gasteiger charge is -2.16. The summed E-state index contributed by atoms with van der Waals surface area (Å²) in [5.74, 6) is -4.53. The van der Waals surface area contributed by atoms with Crippen LogP contribution < -0.4 is 0 Å². The topological polar surface area (TPSA) is 65.5 Å². The van der Waals surface area contributed by atoms with Gasteiger partial charge in [-0.15, -0.1) is 6.58 Å². The zero-order valence-electron chi connectivity index (χ0n) is 15.3. The summed E-state index contributed by atoms with van der Waals surface area (Å²) in [6.45, 7) is 6.21. The molecule has 0 N–H and O–H groups in total. The van der Waals surface area contributed by atoms with Crippen LogP contribution in [0.2, 0.25) is 0 Å². The van der Waals surface area contributed by atoms with Gasteiger partial charge in [0.15, 0.2) is 6.10 Å². The van der Waals surface area contributed by atoms with Crippen molar-refractivity contribution in [3.8, 4) is 0 Å². The van der Waals surface area contributed by atoms with E-state index in [9.17, 15) is 14.0 Å². The number of hydrogen-bond acceptors (Lipinski definition) is 5. The maximum absolute atomic E-state index is 13.2. The summed E-state index contributed by atoms with van der Waals surface area (Å²) in [4.78, 5) is 27.6. The van der Waals surface area contributed by atoms with Gasteiger partial charge in [0.1, 0.15) is 5.82 Å². The number of carbonyl (C=O) groups is 2. The highest BCUT2D eigenvalue weighted by Crippen LogP contribution is 2.12. The van der Waals surface area contributed by atoms with E-state index in [1.165, 1.54) is 20.0 Å². The zero-order valence-corrected chi connectivity index (χ0v) is 13.3. The van der Waals surface area contributed by atoms with Crippen molar-refractivity contribution in [2.45, 2.75) is 39.2 Å². The first-order valence-electron chi connectivity index (χ1n) is 8.29. The molecule has 0 aliphatic heterocycles. The number of allylic oxidation sites excluding steroid dienone is 1. The Balaban J connectivity index is 2.67. The number of aromatic nitrogens is 1. The van der Waals surface area contributed by atoms with Crippen LogP contribution in [0.15, 0.2) is 31.1 Å². The summed E-state index contributed by atoms with van der Waals surface area (Å²) >= 11 is 0. The quantitative estimate of drug-likeness (QED) is 0.397. The smallest absolute Gasteiger partial charge is 0.347 e. The van der Waals surface area contributed by atoms with Gasteiger partial charge in [0.05, 0.1) is 18.7 Å². The Morgan fingerprint density at radius 2 is 2.22 bits per heavy atom. The van der Waals surface area contributed by atoms with E-state index in [0.29, 0.717) is 12.8 Å². The number of ether oxygens (including phenoxy) is 2. The third-order valence-electron chi connectivity index (χ3n) is 2.84. The van der Waals surface area contributed by atoms with Crippen molar-refractivity contribution >= 4 is 11.9 Å². The zero-order chi connectivity index (χ0) is 19.0. The molecule has 0 aliphatic carbocycles. The lowest BCUT2D eigenvalue weighted by atomic mass is 10.0. The van der Waals surface area contributed by atoms with Gasteiger partial charge < -0.3 is 9.47 Å². The van der Waals surface area contributed by atoms with E-state index >= 15 is 0 Å². The van der Waals surface area contributed by atoms with Crippen molar-refractivity contribution in [3.05, 3.63) is 42.5 Å². The molecule has 0 spiro atoms. The molecule has 0 saturated heterocycles. The predicted molar refractivity (Wildman–Crippen MR) is 83.0 cm³/mol. The van der Waals surface area contributed by atoms with Gasteiger partial charge in [0, 0.05) is 8.94 Å². The summed E-state index contributed by atoms with van der Waals surface area (Å²) in [5, 5.41) is 0. The van der Waals surface area contributed by atoms with E-state index in [1.54, 1.807) is 6.08 Å². The third kappa shape index (κ3) is 7.04. The molecule has 0 amide bonds. The standard InChI is InChI=1S/C17H22FNO4/c1-4-5-6-7-22-17(21)13(3)23-16(20)12(2)8-14-9-15(18)11-19-10-14/h4,9-13H,1,5-8H2,2-3H3/i8D,12D. The van der Waals surface area contributed by atoms with Crippen LogP contribution in [0, 0.1) is 11.7 Å². The van der Waals surface area contributed by atoms with Crippen LogP contribution >= 0.6 is 0 Å². The fraction of sp³-hybridized carbons (Fsp3) is 0.471. The fourth-order valence-electron chi connectivity index (χ4n) is 1.64. The van der Waals surface area contributed by atoms with Gasteiger partial charge in [-0.1, -0.05) is 13.0 Å². The van der Waals surface area contributed by atoms with Crippen molar-refractivity contribution in [2.24, 2.45) is 5.89 Å². The third-order valence-corrected chi connectivity index (χ3v) is 2.84. The molecule has 126 valence electrons. The minimum absolute atomic E-state index is 0.0640. The summed E-state index contributed by atoms with van der Waals surface area (Å²) in [7, 11) is 0. The number of hydrogen-bond donors (Lipinski definition) is 0. The SMILES string of the molecule is [2H]C(c1cncc(F)c1)C([2H])(C)C(=O)OC(C)C(=O)OCCCC=C. The van der Waals surface area contributed by atoms with Crippen molar-refractivity contribution in [1.82, 2.24) is 4.98 Å². The lowest BCUT2D eigenvalue weighted by molar-refractivity contribution is -0.168. The Morgan fingerprint density at radius 3 is 2.87 bits per heavy atom. The second-order valence-corrected chi connectivity index (χ2v) is 4.91. The molecule has 0 radical (unpaired) electrons. The highest BCUT2D eigenvalue weighted by Gasteiger charge is 2.23. The minimum atomic E-state index is -2.05. The molecule has 0 saturated carbocycles. The fourth-order valence-corrected chi connectivity index (χ4v) is 1.64. The average Bonchev–Trinajstić information content (AvgIpc) is 2.57. The number of unbranched alkanes of at least 4 members (excludes halogenated alkanes) is 1. The van der Waals surface area contributed by atoms with Crippen molar-refractivity contribution in [2.75, 3.05) is 6.61 Å². The molecule has 1 rings (SSSR count). The molecular weight excluding hydrogens is 301 g/mol. The number of halogens is 1. The molecule has 0 aliphatic rings. The molecule has 23 heavy (non-hydrogen) atoms. The van der Waals surface area contributed by atoms with Gasteiger partial charge in [-0.2, -0.15) is 0 Å². The first kappa shape index (κ1) is 15.6. The number of esters is 2. The van der Waals surface area contributed by atoms with Crippen molar-refractivity contribution in [1.29, 1.82) is 0 Å². The summed E-state index contributed by atoms with van der Waals surface area (Å²) in [5.41, 5.74) is 0.0640. The normalized spacial score (nSPS) is 17.0. The van der Waals surface area contributed by atoms with Gasteiger partial charge in [0.2, 0.25) is 0 Å². The molecule has 0 fully saturated rings. The highest BCUT2D eigenvalue weighted by atomic mass is 19.1. The molecular formula is C17H22FNO4. The van der Waals surface area contributed by atoms with Crippen LogP contribution in [-0.4, -0.2) is 29.6 Å². The van der Waals surface area contributed by atoms with Crippen LogP contribution in [0.5, 0.6) is 0 Å². The summed E-state index contributed by atoms with van der Waals surface area (Å²) in [6, 6.07) is 1.03. The number of rotatable bonds is 9. The Bertz CT molecular complexity index is 624. The average molecular weight is 325 g/mol. The monoisotopic (exact) mass is 325 g/mol. The maximum Gasteiger partial charge on any atom is 0.347 e. The minimum Gasteiger partial charge on any atom is -0.463 e. The predicted octanol–water partition coefficient (Wildman–Crippen LogP) is 2.84. The molecule has 0 bridgehead atoms. The second-order valence-electron chi connectivity index (χ2n) is 4.91. The van der Waals surface area contributed by atoms with Gasteiger partial charge in [-0.05, 0) is 37.8 Å². The van der Waals surface area contributed by atoms with Crippen LogP contribution in [0.3, 0.4) is 0 Å². The van der Waals surface area contributed by atoms with Crippen molar-refractivity contribution < 1.29 is 26.2 Å². The highest BCUT2D eigenvalue weighted by molar-refractivity contribution is 5.80. The first-order chi connectivity index (χ1) is 11.7. The second kappa shape index (κ2) is 9.71. The van der Waals surface area contributed by atoms with E-state index in [-0.39, 0.29) is 12.2 Å². The van der Waals surface area contributed by atoms with E-state index in [0.717, 1.165) is 12.3 Å². The summed E-state index contributed by atoms with van der Waals surface area (Å²) in [6.07, 6.45) is 2.51. The molecule has 1 aromatic heterocycles. The number of nitrogens with zero attached hydrogens (tertiary/aromatic N) is 1. The Morgan fingerprint density at radius 1 is 1.48 bits per heavy atom. The summed E-state index contributed by atoms with van der Waals surface area (Å²) < 4.78 is 39.2. The van der Waals surface area contributed by atoms with Crippen LogP contribution in [0.25, 0.3) is 0 Å². The lowest BCUT2D eigenvalue weighted by Crippen LogP contribution is -2.29. The van der Waals surface area contributed by atoms with Crippen molar-refractivity contribution in [3.63, 3.8) is 0 Å². The molecule has 3 atom stereocenters. The Labute approximate surface area is 138 Å². The Hall–Kier alpha value is -2.24. The number of pyridine rings is 1. The van der Waals surface area contributed by atoms with Crippen LogP contribution in [-0.2, 0) is 25.5 Å². The molecule has 1 heterocycles. The van der Waals surface area contributed by atoms with Gasteiger partial charge in [0.25, 0.3) is 0 Å². The molecule has 0 aromatic carbocycles. The number of carbonyl (C=O) groups excluding carboxylic acids is 2. The van der Waals surface area contributed by atoms with Gasteiger partial charge in [-0.25, -0.2) is 9.18 Å². The van der Waals surface area contributed by atoms with Crippen LogP contribution in [0.4, 0.5) is 4.39 Å². The van der Waals surface area contributed by atoms with E-state index in [2.05, 4.69) is 11.6 Å². The largest absolute Gasteiger partial charge is 0.463 e. The molecule has 5 nitrogen and oxygen atoms in total. The first-order valence-corrected chi connectivity index (χ1v) is 7.21. The molecule has 1 aromatic rings. The van der Waals surface area contributed by atoms with Crippen LogP contribution in [0.1, 0.15) is 35.0 Å². The van der Waals surface area contributed by atoms with Gasteiger partial charge >= 0.3 is 11.9 Å². The van der Waals surface area contributed by atoms with E-state index in [4.69, 9.17) is 12.2 Å². The van der Waals surface area contributed by atoms with Gasteiger partial charge in [-0.3, -0.25) is 9.78 Å². The Kier molecular flexibility index (Phi) is 6.61.